The molecule has 3 N–H and O–H groups in total. The Morgan fingerprint density at radius 1 is 1.12 bits per heavy atom. The molecule has 0 spiro atoms. The van der Waals surface area contributed by atoms with Crippen LogP contribution in [-0.2, 0) is 26.5 Å². The van der Waals surface area contributed by atoms with Gasteiger partial charge in [0.15, 0.2) is 6.10 Å². The zero-order chi connectivity index (χ0) is 17.9. The first kappa shape index (κ1) is 17.4. The summed E-state index contributed by atoms with van der Waals surface area (Å²) in [5.74, 6) is -1.28. The lowest BCUT2D eigenvalue weighted by atomic mass is 10.2. The van der Waals surface area contributed by atoms with E-state index in [9.17, 15) is 19.4 Å². The fourth-order valence-corrected chi connectivity index (χ4v) is 3.97. The molecule has 0 aliphatic rings. The van der Waals surface area contributed by atoms with Gasteiger partial charge in [-0.1, -0.05) is 48.5 Å². The number of aromatic amines is 1. The van der Waals surface area contributed by atoms with E-state index in [0.717, 1.165) is 10.9 Å². The zero-order valence-corrected chi connectivity index (χ0v) is 14.2. The number of nitrogens with one attached hydrogen (secondary N) is 1. The van der Waals surface area contributed by atoms with E-state index in [1.807, 2.05) is 30.3 Å². The topological polar surface area (TPSA) is 99.6 Å². The number of aliphatic carboxylic acids is 1. The molecule has 0 radical (unpaired) electrons. The molecule has 7 heteroatoms. The molecule has 0 aliphatic heterocycles. The maximum Gasteiger partial charge on any atom is 0.333 e. The van der Waals surface area contributed by atoms with E-state index in [1.54, 1.807) is 30.3 Å². The maximum atomic E-state index is 12.3. The number of carboxylic acids is 1. The summed E-state index contributed by atoms with van der Waals surface area (Å²) < 4.78 is 17.4. The molecule has 0 fully saturated rings. The highest BCUT2D eigenvalue weighted by atomic mass is 31.2. The summed E-state index contributed by atoms with van der Waals surface area (Å²) in [6.45, 7) is 0. The van der Waals surface area contributed by atoms with Crippen LogP contribution in [0.25, 0.3) is 10.9 Å². The number of para-hydroxylation sites is 1. The highest BCUT2D eigenvalue weighted by molar-refractivity contribution is 7.52. The number of fused-ring (bicyclic) bond motifs is 1. The van der Waals surface area contributed by atoms with Crippen LogP contribution in [0.3, 0.4) is 0 Å². The lowest BCUT2D eigenvalue weighted by molar-refractivity contribution is -0.145. The van der Waals surface area contributed by atoms with E-state index in [4.69, 9.17) is 4.52 Å². The number of aromatic nitrogens is 1. The second-order valence-corrected chi connectivity index (χ2v) is 7.60. The van der Waals surface area contributed by atoms with Crippen molar-refractivity contribution in [3.05, 3.63) is 71.9 Å². The van der Waals surface area contributed by atoms with Gasteiger partial charge >= 0.3 is 13.6 Å². The van der Waals surface area contributed by atoms with E-state index in [0.29, 0.717) is 11.3 Å². The molecule has 130 valence electrons. The van der Waals surface area contributed by atoms with E-state index in [-0.39, 0.29) is 12.6 Å². The van der Waals surface area contributed by atoms with Crippen molar-refractivity contribution < 1.29 is 23.9 Å². The smallest absolute Gasteiger partial charge is 0.333 e. The molecule has 1 heterocycles. The summed E-state index contributed by atoms with van der Waals surface area (Å²) in [5, 5.41) is 10.3. The Kier molecular flexibility index (Phi) is 5.04. The van der Waals surface area contributed by atoms with Crippen molar-refractivity contribution in [1.82, 2.24) is 4.98 Å². The Balaban J connectivity index is 1.74. The lowest BCUT2D eigenvalue weighted by Gasteiger charge is -2.18. The number of hydrogen-bond donors (Lipinski definition) is 3. The van der Waals surface area contributed by atoms with Crippen molar-refractivity contribution in [2.75, 3.05) is 0 Å². The minimum atomic E-state index is -4.09. The van der Waals surface area contributed by atoms with Gasteiger partial charge < -0.3 is 15.0 Å². The lowest BCUT2D eigenvalue weighted by Crippen LogP contribution is -2.25. The summed E-state index contributed by atoms with van der Waals surface area (Å²) in [6, 6.07) is 18.0. The summed E-state index contributed by atoms with van der Waals surface area (Å²) in [6.07, 6.45) is -1.67. The molecular formula is C18H18NO5P. The van der Waals surface area contributed by atoms with Gasteiger partial charge in [-0.25, -0.2) is 4.79 Å². The monoisotopic (exact) mass is 359 g/mol. The number of benzene rings is 2. The molecule has 3 rings (SSSR count). The zero-order valence-electron chi connectivity index (χ0n) is 13.3. The van der Waals surface area contributed by atoms with Gasteiger partial charge in [0.25, 0.3) is 0 Å². The second kappa shape index (κ2) is 7.23. The van der Waals surface area contributed by atoms with Gasteiger partial charge in [-0.15, -0.1) is 0 Å². The van der Waals surface area contributed by atoms with E-state index in [1.165, 1.54) is 0 Å². The quantitative estimate of drug-likeness (QED) is 0.560. The van der Waals surface area contributed by atoms with Gasteiger partial charge in [-0.3, -0.25) is 9.09 Å². The van der Waals surface area contributed by atoms with Crippen LogP contribution in [-0.4, -0.2) is 27.1 Å². The van der Waals surface area contributed by atoms with Gasteiger partial charge in [0, 0.05) is 17.6 Å². The molecule has 0 saturated heterocycles. The van der Waals surface area contributed by atoms with Gasteiger partial charge in [-0.05, 0) is 23.1 Å². The van der Waals surface area contributed by atoms with Crippen molar-refractivity contribution in [3.63, 3.8) is 0 Å². The molecule has 2 unspecified atom stereocenters. The molecule has 0 bridgehead atoms. The van der Waals surface area contributed by atoms with Crippen molar-refractivity contribution in [1.29, 1.82) is 0 Å². The van der Waals surface area contributed by atoms with Crippen molar-refractivity contribution >= 4 is 24.5 Å². The predicted molar refractivity (Wildman–Crippen MR) is 94.5 cm³/mol. The molecule has 2 atom stereocenters. The third-order valence-corrected chi connectivity index (χ3v) is 5.13. The van der Waals surface area contributed by atoms with E-state index >= 15 is 0 Å². The second-order valence-electron chi connectivity index (χ2n) is 5.80. The van der Waals surface area contributed by atoms with E-state index < -0.39 is 19.7 Å². The van der Waals surface area contributed by atoms with Crippen LogP contribution in [0.1, 0.15) is 11.3 Å². The van der Waals surface area contributed by atoms with Crippen LogP contribution in [0.5, 0.6) is 0 Å². The maximum absolute atomic E-state index is 12.3. The number of H-pyrrole nitrogens is 1. The summed E-state index contributed by atoms with van der Waals surface area (Å²) in [4.78, 5) is 24.6. The number of hydrogen-bond acceptors (Lipinski definition) is 3. The Bertz CT molecular complexity index is 888. The number of rotatable bonds is 7. The largest absolute Gasteiger partial charge is 0.479 e. The third kappa shape index (κ3) is 4.57. The summed E-state index contributed by atoms with van der Waals surface area (Å²) in [5.41, 5.74) is 2.12. The molecular weight excluding hydrogens is 341 g/mol. The first-order valence-corrected chi connectivity index (χ1v) is 9.53. The van der Waals surface area contributed by atoms with Crippen molar-refractivity contribution in [2.45, 2.75) is 18.7 Å². The van der Waals surface area contributed by atoms with Crippen LogP contribution in [0.15, 0.2) is 60.7 Å². The van der Waals surface area contributed by atoms with Gasteiger partial charge in [0.2, 0.25) is 0 Å². The first-order chi connectivity index (χ1) is 11.9. The average Bonchev–Trinajstić information content (AvgIpc) is 2.96. The molecule has 25 heavy (non-hydrogen) atoms. The molecule has 2 aromatic carbocycles. The molecule has 1 aromatic heterocycles. The minimum absolute atomic E-state index is 0.0245. The predicted octanol–water partition coefficient (Wildman–Crippen LogP) is 3.57. The Morgan fingerprint density at radius 3 is 2.48 bits per heavy atom. The highest BCUT2D eigenvalue weighted by Gasteiger charge is 2.30. The van der Waals surface area contributed by atoms with Crippen LogP contribution in [0.4, 0.5) is 0 Å². The standard InChI is InChI=1S/C18H18NO5P/c20-18(21)17(11-15-10-14-8-4-5-9-16(14)19-15)24-25(22,23)12-13-6-2-1-3-7-13/h1-10,17,19H,11-12H2,(H,20,21)(H,22,23). The van der Waals surface area contributed by atoms with Gasteiger partial charge in [0.1, 0.15) is 0 Å². The van der Waals surface area contributed by atoms with Crippen molar-refractivity contribution in [2.24, 2.45) is 0 Å². The minimum Gasteiger partial charge on any atom is -0.479 e. The fourth-order valence-electron chi connectivity index (χ4n) is 2.66. The molecule has 0 saturated carbocycles. The Hall–Kier alpha value is -2.40. The van der Waals surface area contributed by atoms with Crippen LogP contribution in [0.2, 0.25) is 0 Å². The average molecular weight is 359 g/mol. The van der Waals surface area contributed by atoms with Gasteiger partial charge in [0.05, 0.1) is 6.16 Å². The SMILES string of the molecule is O=C(O)C(Cc1cc2ccccc2[nH]1)OP(=O)(O)Cc1ccccc1. The van der Waals surface area contributed by atoms with Crippen LogP contribution >= 0.6 is 7.60 Å². The van der Waals surface area contributed by atoms with Gasteiger partial charge in [-0.2, -0.15) is 0 Å². The number of carbonyl (C=O) groups is 1. The Morgan fingerprint density at radius 2 is 1.80 bits per heavy atom. The summed E-state index contributed by atoms with van der Waals surface area (Å²) in [7, 11) is -4.09. The third-order valence-electron chi connectivity index (χ3n) is 3.78. The normalized spacial score (nSPS) is 14.9. The fraction of sp³-hybridized carbons (Fsp3) is 0.167. The molecule has 0 aliphatic carbocycles. The molecule has 3 aromatic rings. The Labute approximate surface area is 144 Å². The highest BCUT2D eigenvalue weighted by Crippen LogP contribution is 2.47. The van der Waals surface area contributed by atoms with Crippen LogP contribution in [0, 0.1) is 0 Å². The first-order valence-electron chi connectivity index (χ1n) is 7.76. The molecule has 6 nitrogen and oxygen atoms in total. The summed E-state index contributed by atoms with van der Waals surface area (Å²) >= 11 is 0. The van der Waals surface area contributed by atoms with E-state index in [2.05, 4.69) is 4.98 Å². The van der Waals surface area contributed by atoms with Crippen molar-refractivity contribution in [3.8, 4) is 0 Å². The molecule has 0 amide bonds. The number of carboxylic acid groups (broad SMARTS) is 1. The van der Waals surface area contributed by atoms with Crippen LogP contribution < -0.4 is 0 Å².